The second-order valence-corrected chi connectivity index (χ2v) is 4.74. The van der Waals surface area contributed by atoms with Gasteiger partial charge in [-0.1, -0.05) is 12.1 Å². The molecular formula is C17H14O9. The molecule has 0 unspecified atom stereocenters. The number of para-hydroxylation sites is 2. The van der Waals surface area contributed by atoms with Crippen LogP contribution in [0.1, 0.15) is 20.7 Å². The normalized spacial score (nSPS) is 9.92. The van der Waals surface area contributed by atoms with Gasteiger partial charge in [0.05, 0.1) is 14.2 Å². The molecule has 0 spiro atoms. The minimum atomic E-state index is -1.27. The van der Waals surface area contributed by atoms with Crippen LogP contribution in [0.5, 0.6) is 23.0 Å². The Morgan fingerprint density at radius 3 is 1.42 bits per heavy atom. The molecule has 0 aliphatic carbocycles. The summed E-state index contributed by atoms with van der Waals surface area (Å²) in [4.78, 5) is 34.4. The van der Waals surface area contributed by atoms with E-state index in [0.717, 1.165) is 0 Å². The largest absolute Gasteiger partial charge is 0.519 e. The third-order valence-corrected chi connectivity index (χ3v) is 3.21. The second-order valence-electron chi connectivity index (χ2n) is 4.74. The highest BCUT2D eigenvalue weighted by Crippen LogP contribution is 2.33. The zero-order valence-electron chi connectivity index (χ0n) is 13.7. The van der Waals surface area contributed by atoms with Gasteiger partial charge in [-0.05, 0) is 24.3 Å². The number of hydrogen-bond donors (Lipinski definition) is 2. The van der Waals surface area contributed by atoms with E-state index in [1.165, 1.54) is 50.6 Å². The average molecular weight is 362 g/mol. The summed E-state index contributed by atoms with van der Waals surface area (Å²) in [6.45, 7) is 0. The van der Waals surface area contributed by atoms with Gasteiger partial charge in [-0.25, -0.2) is 14.4 Å². The molecule has 2 rings (SSSR count). The third-order valence-electron chi connectivity index (χ3n) is 3.21. The highest BCUT2D eigenvalue weighted by Gasteiger charge is 2.22. The van der Waals surface area contributed by atoms with Gasteiger partial charge < -0.3 is 29.2 Å². The van der Waals surface area contributed by atoms with Crippen molar-refractivity contribution in [2.24, 2.45) is 0 Å². The van der Waals surface area contributed by atoms with Crippen molar-refractivity contribution < 1.29 is 43.5 Å². The Kier molecular flexibility index (Phi) is 5.63. The highest BCUT2D eigenvalue weighted by molar-refractivity contribution is 5.93. The van der Waals surface area contributed by atoms with Crippen molar-refractivity contribution in [3.63, 3.8) is 0 Å². The lowest BCUT2D eigenvalue weighted by Crippen LogP contribution is -2.16. The number of rotatable bonds is 6. The summed E-state index contributed by atoms with van der Waals surface area (Å²) < 4.78 is 19.9. The summed E-state index contributed by atoms with van der Waals surface area (Å²) in [7, 11) is 2.44. The molecule has 9 nitrogen and oxygen atoms in total. The first-order chi connectivity index (χ1) is 12.4. The molecule has 0 aliphatic heterocycles. The fourth-order valence-electron chi connectivity index (χ4n) is 2.15. The fraction of sp³-hybridized carbons (Fsp3) is 0.118. The van der Waals surface area contributed by atoms with E-state index >= 15 is 0 Å². The van der Waals surface area contributed by atoms with Gasteiger partial charge >= 0.3 is 18.1 Å². The van der Waals surface area contributed by atoms with Gasteiger partial charge in [-0.3, -0.25) is 0 Å². The Labute approximate surface area is 147 Å². The molecule has 0 amide bonds. The van der Waals surface area contributed by atoms with Crippen molar-refractivity contribution in [3.05, 3.63) is 47.5 Å². The van der Waals surface area contributed by atoms with E-state index in [9.17, 15) is 14.4 Å². The van der Waals surface area contributed by atoms with Gasteiger partial charge in [-0.15, -0.1) is 0 Å². The van der Waals surface area contributed by atoms with E-state index in [0.29, 0.717) is 0 Å². The molecule has 26 heavy (non-hydrogen) atoms. The van der Waals surface area contributed by atoms with Gasteiger partial charge in [0.1, 0.15) is 11.1 Å². The van der Waals surface area contributed by atoms with E-state index in [2.05, 4.69) is 0 Å². The second kappa shape index (κ2) is 7.88. The summed E-state index contributed by atoms with van der Waals surface area (Å²) in [6.07, 6.45) is -1.23. The van der Waals surface area contributed by atoms with Crippen molar-refractivity contribution in [2.75, 3.05) is 14.2 Å². The summed E-state index contributed by atoms with van der Waals surface area (Å²) >= 11 is 0. The Bertz CT molecular complexity index is 788. The van der Waals surface area contributed by atoms with Gasteiger partial charge in [0.2, 0.25) is 0 Å². The molecule has 9 heteroatoms. The molecule has 0 saturated carbocycles. The molecule has 2 N–H and O–H groups in total. The first kappa shape index (κ1) is 18.6. The fourth-order valence-corrected chi connectivity index (χ4v) is 2.15. The SMILES string of the molecule is COc1c(OC(=O)Oc2cccc(C(=O)O)c2OC)cccc1C(=O)O. The van der Waals surface area contributed by atoms with Crippen LogP contribution in [0, 0.1) is 0 Å². The van der Waals surface area contributed by atoms with Crippen LogP contribution < -0.4 is 18.9 Å². The molecule has 0 heterocycles. The molecule has 2 aromatic rings. The predicted octanol–water partition coefficient (Wildman–Crippen LogP) is 2.68. The maximum absolute atomic E-state index is 12.0. The summed E-state index contributed by atoms with van der Waals surface area (Å²) in [5, 5.41) is 18.2. The predicted molar refractivity (Wildman–Crippen MR) is 86.6 cm³/mol. The lowest BCUT2D eigenvalue weighted by atomic mass is 10.2. The van der Waals surface area contributed by atoms with Crippen molar-refractivity contribution in [3.8, 4) is 23.0 Å². The Balaban J connectivity index is 2.28. The van der Waals surface area contributed by atoms with Gasteiger partial charge in [0, 0.05) is 0 Å². The van der Waals surface area contributed by atoms with Crippen molar-refractivity contribution in [1.82, 2.24) is 0 Å². The first-order valence-corrected chi connectivity index (χ1v) is 7.09. The number of benzene rings is 2. The molecule has 0 fully saturated rings. The smallest absolute Gasteiger partial charge is 0.492 e. The molecule has 0 aromatic heterocycles. The molecule has 0 bridgehead atoms. The highest BCUT2D eigenvalue weighted by atomic mass is 16.7. The number of hydrogen-bond acceptors (Lipinski definition) is 7. The van der Waals surface area contributed by atoms with Gasteiger partial charge in [-0.2, -0.15) is 0 Å². The molecule has 0 atom stereocenters. The third kappa shape index (κ3) is 3.83. The topological polar surface area (TPSA) is 129 Å². The monoisotopic (exact) mass is 362 g/mol. The number of carbonyl (C=O) groups is 3. The summed E-state index contributed by atoms with van der Waals surface area (Å²) in [5.41, 5.74) is -0.411. The maximum Gasteiger partial charge on any atom is 0.519 e. The van der Waals surface area contributed by atoms with Crippen LogP contribution in [-0.4, -0.2) is 42.5 Å². The van der Waals surface area contributed by atoms with Crippen molar-refractivity contribution in [2.45, 2.75) is 0 Å². The molecule has 0 aliphatic rings. The van der Waals surface area contributed by atoms with E-state index in [-0.39, 0.29) is 34.1 Å². The van der Waals surface area contributed by atoms with Crippen LogP contribution in [0.15, 0.2) is 36.4 Å². The quantitative estimate of drug-likeness (QED) is 0.588. The zero-order valence-corrected chi connectivity index (χ0v) is 13.7. The Morgan fingerprint density at radius 1 is 0.731 bits per heavy atom. The van der Waals surface area contributed by atoms with Crippen LogP contribution in [0.2, 0.25) is 0 Å². The maximum atomic E-state index is 12.0. The molecule has 136 valence electrons. The number of methoxy groups -OCH3 is 2. The molecule has 0 radical (unpaired) electrons. The number of carbonyl (C=O) groups excluding carboxylic acids is 1. The van der Waals surface area contributed by atoms with Crippen molar-refractivity contribution in [1.29, 1.82) is 0 Å². The zero-order chi connectivity index (χ0) is 19.3. The lowest BCUT2D eigenvalue weighted by molar-refractivity contribution is 0.0682. The summed E-state index contributed by atoms with van der Waals surface area (Å²) in [5.74, 6) is -3.21. The Morgan fingerprint density at radius 2 is 1.12 bits per heavy atom. The molecular weight excluding hydrogens is 348 g/mol. The summed E-state index contributed by atoms with van der Waals surface area (Å²) in [6, 6.07) is 7.91. The number of aromatic carboxylic acids is 2. The minimum Gasteiger partial charge on any atom is -0.492 e. The van der Waals surface area contributed by atoms with Gasteiger partial charge in [0.25, 0.3) is 0 Å². The van der Waals surface area contributed by atoms with Crippen LogP contribution in [0.3, 0.4) is 0 Å². The first-order valence-electron chi connectivity index (χ1n) is 7.09. The van der Waals surface area contributed by atoms with E-state index in [1.807, 2.05) is 0 Å². The number of ether oxygens (including phenoxy) is 4. The van der Waals surface area contributed by atoms with Crippen LogP contribution in [0.25, 0.3) is 0 Å². The number of carboxylic acids is 2. The molecule has 2 aromatic carbocycles. The van der Waals surface area contributed by atoms with Crippen LogP contribution in [0.4, 0.5) is 4.79 Å². The average Bonchev–Trinajstić information content (AvgIpc) is 2.60. The number of carboxylic acid groups (broad SMARTS) is 2. The lowest BCUT2D eigenvalue weighted by Gasteiger charge is -2.13. The Hall–Kier alpha value is -3.75. The van der Waals surface area contributed by atoms with Crippen LogP contribution in [-0.2, 0) is 0 Å². The van der Waals surface area contributed by atoms with Crippen molar-refractivity contribution >= 4 is 18.1 Å². The van der Waals surface area contributed by atoms with E-state index < -0.39 is 18.1 Å². The van der Waals surface area contributed by atoms with E-state index in [1.54, 1.807) is 0 Å². The van der Waals surface area contributed by atoms with Crippen LogP contribution >= 0.6 is 0 Å². The van der Waals surface area contributed by atoms with Gasteiger partial charge in [0.15, 0.2) is 23.0 Å². The van der Waals surface area contributed by atoms with E-state index in [4.69, 9.17) is 29.2 Å². The standard InChI is InChI=1S/C17H14O9/c1-23-13-9(15(18)19)5-3-7-11(13)25-17(22)26-12-8-4-6-10(16(20)21)14(12)24-2/h3-8H,1-2H3,(H,18,19)(H,20,21). The minimum absolute atomic E-state index is 0.164. The molecule has 0 saturated heterocycles.